The number of ether oxygens (including phenoxy) is 1. The topological polar surface area (TPSA) is 63.5 Å². The quantitative estimate of drug-likeness (QED) is 0.787. The molecule has 0 unspecified atom stereocenters. The van der Waals surface area contributed by atoms with Gasteiger partial charge in [0.2, 0.25) is 0 Å². The third kappa shape index (κ3) is 2.29. The van der Waals surface area contributed by atoms with E-state index in [1.807, 2.05) is 11.8 Å². The zero-order chi connectivity index (χ0) is 15.1. The average molecular weight is 303 g/mol. The van der Waals surface area contributed by atoms with Crippen LogP contribution in [0.3, 0.4) is 0 Å². The molecule has 0 radical (unpaired) electrons. The lowest BCUT2D eigenvalue weighted by Gasteiger charge is -2.46. The van der Waals surface area contributed by atoms with Gasteiger partial charge in [0.25, 0.3) is 5.91 Å². The standard InChI is InChI=1S/C15H21N5O2/c1-11-16-17-14-9-18(4-5-20(11)14)13-7-19(8-13)15(21)12-3-2-6-22-10-12/h10,13H,2-9H2,1H3. The summed E-state index contributed by atoms with van der Waals surface area (Å²) in [6, 6.07) is 0.444. The SMILES string of the molecule is Cc1nnc2n1CCN(C1CN(C(=O)C3=COCCC3)C1)C2. The van der Waals surface area contributed by atoms with E-state index in [1.165, 1.54) is 0 Å². The first kappa shape index (κ1) is 13.8. The van der Waals surface area contributed by atoms with Crippen molar-refractivity contribution in [1.82, 2.24) is 24.6 Å². The summed E-state index contributed by atoms with van der Waals surface area (Å²) in [4.78, 5) is 16.7. The Hall–Kier alpha value is -1.89. The van der Waals surface area contributed by atoms with Crippen LogP contribution >= 0.6 is 0 Å². The number of rotatable bonds is 2. The van der Waals surface area contributed by atoms with Gasteiger partial charge in [0.05, 0.1) is 25.0 Å². The van der Waals surface area contributed by atoms with Gasteiger partial charge in [0.1, 0.15) is 11.6 Å². The van der Waals surface area contributed by atoms with Crippen LogP contribution in [0, 0.1) is 6.92 Å². The van der Waals surface area contributed by atoms with Crippen molar-refractivity contribution in [3.63, 3.8) is 0 Å². The molecule has 0 atom stereocenters. The lowest BCUT2D eigenvalue weighted by molar-refractivity contribution is -0.135. The summed E-state index contributed by atoms with van der Waals surface area (Å²) in [7, 11) is 0. The summed E-state index contributed by atoms with van der Waals surface area (Å²) < 4.78 is 7.45. The molecule has 4 heterocycles. The average Bonchev–Trinajstić information content (AvgIpc) is 2.88. The normalized spacial score (nSPS) is 22.6. The van der Waals surface area contributed by atoms with Gasteiger partial charge in [-0.15, -0.1) is 10.2 Å². The Morgan fingerprint density at radius 1 is 1.32 bits per heavy atom. The molecular formula is C15H21N5O2. The van der Waals surface area contributed by atoms with Crippen LogP contribution in [-0.4, -0.2) is 62.8 Å². The molecule has 0 saturated carbocycles. The zero-order valence-electron chi connectivity index (χ0n) is 12.9. The molecule has 3 aliphatic heterocycles. The molecule has 0 aliphatic carbocycles. The van der Waals surface area contributed by atoms with E-state index in [4.69, 9.17) is 4.74 Å². The second-order valence-corrected chi connectivity index (χ2v) is 6.27. The maximum absolute atomic E-state index is 12.3. The van der Waals surface area contributed by atoms with Crippen molar-refractivity contribution >= 4 is 5.91 Å². The minimum atomic E-state index is 0.145. The smallest absolute Gasteiger partial charge is 0.252 e. The van der Waals surface area contributed by atoms with E-state index in [0.717, 1.165) is 69.4 Å². The van der Waals surface area contributed by atoms with Crippen LogP contribution in [0.5, 0.6) is 0 Å². The molecule has 1 aromatic rings. The van der Waals surface area contributed by atoms with Gasteiger partial charge in [-0.1, -0.05) is 0 Å². The number of carbonyl (C=O) groups excluding carboxylic acids is 1. The lowest BCUT2D eigenvalue weighted by atomic mass is 10.0. The highest BCUT2D eigenvalue weighted by Crippen LogP contribution is 2.24. The van der Waals surface area contributed by atoms with Gasteiger partial charge in [-0.05, 0) is 19.8 Å². The fourth-order valence-corrected chi connectivity index (χ4v) is 3.41. The molecule has 1 fully saturated rings. The molecule has 0 aromatic carbocycles. The Kier molecular flexibility index (Phi) is 3.37. The number of fused-ring (bicyclic) bond motifs is 1. The molecule has 7 nitrogen and oxygen atoms in total. The Balaban J connectivity index is 1.34. The van der Waals surface area contributed by atoms with Crippen molar-refractivity contribution in [1.29, 1.82) is 0 Å². The second kappa shape index (κ2) is 5.39. The molecule has 0 N–H and O–H groups in total. The summed E-state index contributed by atoms with van der Waals surface area (Å²) in [6.07, 6.45) is 3.42. The van der Waals surface area contributed by atoms with Crippen molar-refractivity contribution < 1.29 is 9.53 Å². The Labute approximate surface area is 129 Å². The summed E-state index contributed by atoms with van der Waals surface area (Å²) >= 11 is 0. The minimum absolute atomic E-state index is 0.145. The summed E-state index contributed by atoms with van der Waals surface area (Å²) in [5.74, 6) is 2.17. The largest absolute Gasteiger partial charge is 0.501 e. The van der Waals surface area contributed by atoms with E-state index in [-0.39, 0.29) is 5.91 Å². The molecule has 7 heteroatoms. The Morgan fingerprint density at radius 3 is 2.95 bits per heavy atom. The fourth-order valence-electron chi connectivity index (χ4n) is 3.41. The molecule has 1 amide bonds. The number of hydrogen-bond acceptors (Lipinski definition) is 5. The van der Waals surface area contributed by atoms with Crippen LogP contribution in [0.25, 0.3) is 0 Å². The monoisotopic (exact) mass is 303 g/mol. The van der Waals surface area contributed by atoms with Crippen molar-refractivity contribution in [3.05, 3.63) is 23.5 Å². The number of carbonyl (C=O) groups is 1. The van der Waals surface area contributed by atoms with Crippen LogP contribution < -0.4 is 0 Å². The van der Waals surface area contributed by atoms with Gasteiger partial charge in [-0.25, -0.2) is 0 Å². The molecule has 1 saturated heterocycles. The van der Waals surface area contributed by atoms with E-state index in [9.17, 15) is 4.79 Å². The van der Waals surface area contributed by atoms with Crippen LogP contribution in [-0.2, 0) is 22.6 Å². The third-order valence-corrected chi connectivity index (χ3v) is 4.84. The molecule has 4 rings (SSSR count). The van der Waals surface area contributed by atoms with E-state index >= 15 is 0 Å². The molecule has 3 aliphatic rings. The van der Waals surface area contributed by atoms with Crippen LogP contribution in [0.15, 0.2) is 11.8 Å². The maximum Gasteiger partial charge on any atom is 0.252 e. The van der Waals surface area contributed by atoms with E-state index in [1.54, 1.807) is 6.26 Å². The van der Waals surface area contributed by atoms with E-state index < -0.39 is 0 Å². The first-order valence-electron chi connectivity index (χ1n) is 7.95. The highest BCUT2D eigenvalue weighted by Gasteiger charge is 2.37. The number of aromatic nitrogens is 3. The first-order valence-corrected chi connectivity index (χ1v) is 7.95. The molecule has 1 aromatic heterocycles. The van der Waals surface area contributed by atoms with Gasteiger partial charge in [0.15, 0.2) is 0 Å². The Bertz CT molecular complexity index is 617. The number of hydrogen-bond donors (Lipinski definition) is 0. The second-order valence-electron chi connectivity index (χ2n) is 6.27. The summed E-state index contributed by atoms with van der Waals surface area (Å²) in [5.41, 5.74) is 0.818. The lowest BCUT2D eigenvalue weighted by Crippen LogP contribution is -2.62. The van der Waals surface area contributed by atoms with Crippen molar-refractivity contribution in [2.24, 2.45) is 0 Å². The highest BCUT2D eigenvalue weighted by atomic mass is 16.5. The molecule has 118 valence electrons. The van der Waals surface area contributed by atoms with Gasteiger partial charge < -0.3 is 14.2 Å². The molecular weight excluding hydrogens is 282 g/mol. The zero-order valence-corrected chi connectivity index (χ0v) is 12.9. The maximum atomic E-state index is 12.3. The van der Waals surface area contributed by atoms with Crippen LogP contribution in [0.2, 0.25) is 0 Å². The van der Waals surface area contributed by atoms with Crippen molar-refractivity contribution in [2.75, 3.05) is 26.2 Å². The van der Waals surface area contributed by atoms with Gasteiger partial charge in [-0.3, -0.25) is 9.69 Å². The number of amides is 1. The van der Waals surface area contributed by atoms with Crippen molar-refractivity contribution in [2.45, 2.75) is 38.9 Å². The molecule has 22 heavy (non-hydrogen) atoms. The van der Waals surface area contributed by atoms with Crippen LogP contribution in [0.4, 0.5) is 0 Å². The van der Waals surface area contributed by atoms with E-state index in [0.29, 0.717) is 6.04 Å². The summed E-state index contributed by atoms with van der Waals surface area (Å²) in [5, 5.41) is 8.38. The first-order chi connectivity index (χ1) is 10.7. The number of aryl methyl sites for hydroxylation is 1. The highest BCUT2D eigenvalue weighted by molar-refractivity contribution is 5.93. The summed E-state index contributed by atoms with van der Waals surface area (Å²) in [6.45, 7) is 7.12. The Morgan fingerprint density at radius 2 is 2.18 bits per heavy atom. The molecule has 0 bridgehead atoms. The van der Waals surface area contributed by atoms with E-state index in [2.05, 4.69) is 19.7 Å². The number of nitrogens with zero attached hydrogens (tertiary/aromatic N) is 5. The predicted molar refractivity (Wildman–Crippen MR) is 78.8 cm³/mol. The van der Waals surface area contributed by atoms with Crippen molar-refractivity contribution in [3.8, 4) is 0 Å². The van der Waals surface area contributed by atoms with Gasteiger partial charge in [0, 0.05) is 32.2 Å². The number of likely N-dealkylation sites (tertiary alicyclic amines) is 1. The molecule has 0 spiro atoms. The fraction of sp³-hybridized carbons (Fsp3) is 0.667. The van der Waals surface area contributed by atoms with Crippen LogP contribution in [0.1, 0.15) is 24.5 Å². The third-order valence-electron chi connectivity index (χ3n) is 4.84. The predicted octanol–water partition coefficient (Wildman–Crippen LogP) is 0.307. The van der Waals surface area contributed by atoms with Gasteiger partial charge in [-0.2, -0.15) is 0 Å². The van der Waals surface area contributed by atoms with Gasteiger partial charge >= 0.3 is 0 Å². The minimum Gasteiger partial charge on any atom is -0.501 e.